The van der Waals surface area contributed by atoms with Crippen LogP contribution in [0.1, 0.15) is 5.82 Å². The topological polar surface area (TPSA) is 49.2 Å². The number of aromatic nitrogens is 2. The molecule has 1 aliphatic heterocycles. The molecule has 1 N–H and O–H groups in total. The highest BCUT2D eigenvalue weighted by atomic mass is 32.1. The fraction of sp³-hybridized carbons (Fsp3) is 0.455. The maximum Gasteiger partial charge on any atom is 0.145 e. The van der Waals surface area contributed by atoms with Crippen molar-refractivity contribution in [3.8, 4) is 0 Å². The van der Waals surface area contributed by atoms with Gasteiger partial charge in [-0.1, -0.05) is 0 Å². The van der Waals surface area contributed by atoms with Gasteiger partial charge in [0.15, 0.2) is 0 Å². The Morgan fingerprint density at radius 3 is 3.00 bits per heavy atom. The Morgan fingerprint density at radius 1 is 1.47 bits per heavy atom. The number of aliphatic hydroxyl groups excluding tert-OH is 1. The zero-order chi connectivity index (χ0) is 12.0. The van der Waals surface area contributed by atoms with E-state index < -0.39 is 12.3 Å². The van der Waals surface area contributed by atoms with Crippen molar-refractivity contribution in [3.63, 3.8) is 0 Å². The highest BCUT2D eigenvalue weighted by molar-refractivity contribution is 7.16. The van der Waals surface area contributed by atoms with Gasteiger partial charge >= 0.3 is 0 Å². The van der Waals surface area contributed by atoms with E-state index in [1.807, 2.05) is 18.4 Å². The van der Waals surface area contributed by atoms with Crippen molar-refractivity contribution in [1.29, 1.82) is 0 Å². The highest BCUT2D eigenvalue weighted by Crippen LogP contribution is 2.30. The molecule has 0 radical (unpaired) electrons. The van der Waals surface area contributed by atoms with E-state index >= 15 is 0 Å². The summed E-state index contributed by atoms with van der Waals surface area (Å²) in [6.45, 7) is 2.31. The molecule has 0 unspecified atom stereocenters. The molecule has 0 saturated carbocycles. The van der Waals surface area contributed by atoms with Crippen LogP contribution in [0.25, 0.3) is 10.2 Å². The summed E-state index contributed by atoms with van der Waals surface area (Å²) in [7, 11) is 0. The summed E-state index contributed by atoms with van der Waals surface area (Å²) >= 11 is 1.54. The van der Waals surface area contributed by atoms with Crippen LogP contribution < -0.4 is 4.90 Å². The number of alkyl halides is 1. The van der Waals surface area contributed by atoms with E-state index in [9.17, 15) is 9.50 Å². The maximum absolute atomic E-state index is 13.3. The number of hydrogen-bond donors (Lipinski definition) is 1. The number of halogens is 1. The van der Waals surface area contributed by atoms with Gasteiger partial charge in [-0.3, -0.25) is 0 Å². The van der Waals surface area contributed by atoms with E-state index in [0.29, 0.717) is 12.4 Å². The molecular formula is C11H12FN3OS. The first kappa shape index (κ1) is 10.9. The molecule has 1 fully saturated rings. The molecule has 2 aromatic rings. The third-order valence-electron chi connectivity index (χ3n) is 2.94. The second-order valence-electron chi connectivity index (χ2n) is 4.22. The minimum atomic E-state index is -1.20. The predicted molar refractivity (Wildman–Crippen MR) is 65.3 cm³/mol. The minimum Gasteiger partial charge on any atom is -0.388 e. The summed E-state index contributed by atoms with van der Waals surface area (Å²) in [6.07, 6.45) is -2.11. The monoisotopic (exact) mass is 253 g/mol. The van der Waals surface area contributed by atoms with Gasteiger partial charge in [0.05, 0.1) is 11.9 Å². The molecule has 0 aliphatic carbocycles. The smallest absolute Gasteiger partial charge is 0.145 e. The Bertz CT molecular complexity index is 549. The van der Waals surface area contributed by atoms with Crippen LogP contribution >= 0.6 is 11.3 Å². The Labute approximate surface area is 102 Å². The number of nitrogens with zero attached hydrogens (tertiary/aromatic N) is 3. The van der Waals surface area contributed by atoms with Gasteiger partial charge in [0.25, 0.3) is 0 Å². The normalized spacial score (nSPS) is 24.8. The van der Waals surface area contributed by atoms with Gasteiger partial charge in [0.2, 0.25) is 0 Å². The van der Waals surface area contributed by atoms with Gasteiger partial charge < -0.3 is 10.0 Å². The van der Waals surface area contributed by atoms with E-state index in [4.69, 9.17) is 0 Å². The van der Waals surface area contributed by atoms with Gasteiger partial charge in [0, 0.05) is 6.54 Å². The highest BCUT2D eigenvalue weighted by Gasteiger charge is 2.32. The van der Waals surface area contributed by atoms with Crippen molar-refractivity contribution in [1.82, 2.24) is 9.97 Å². The summed E-state index contributed by atoms with van der Waals surface area (Å²) in [5.41, 5.74) is 0. The molecule has 0 bridgehead atoms. The van der Waals surface area contributed by atoms with Crippen LogP contribution in [0, 0.1) is 6.92 Å². The fourth-order valence-corrected chi connectivity index (χ4v) is 2.91. The maximum atomic E-state index is 13.3. The number of rotatable bonds is 1. The summed E-state index contributed by atoms with van der Waals surface area (Å²) in [4.78, 5) is 11.4. The van der Waals surface area contributed by atoms with Crippen LogP contribution in [0.4, 0.5) is 10.2 Å². The third kappa shape index (κ3) is 1.77. The minimum absolute atomic E-state index is 0.197. The molecule has 3 heterocycles. The molecule has 0 amide bonds. The number of thiophene rings is 1. The van der Waals surface area contributed by atoms with Crippen molar-refractivity contribution < 1.29 is 9.50 Å². The van der Waals surface area contributed by atoms with Crippen molar-refractivity contribution in [2.45, 2.75) is 19.2 Å². The van der Waals surface area contributed by atoms with Gasteiger partial charge in [-0.15, -0.1) is 11.3 Å². The summed E-state index contributed by atoms with van der Waals surface area (Å²) in [5, 5.41) is 12.3. The van der Waals surface area contributed by atoms with Gasteiger partial charge in [-0.2, -0.15) is 0 Å². The van der Waals surface area contributed by atoms with E-state index in [1.54, 1.807) is 16.2 Å². The zero-order valence-corrected chi connectivity index (χ0v) is 10.1. The predicted octanol–water partition coefficient (Wildman–Crippen LogP) is 1.52. The Hall–Kier alpha value is -1.27. The van der Waals surface area contributed by atoms with E-state index in [1.165, 1.54) is 0 Å². The van der Waals surface area contributed by atoms with E-state index in [2.05, 4.69) is 9.97 Å². The molecule has 2 aromatic heterocycles. The average Bonchev–Trinajstić information content (AvgIpc) is 2.85. The van der Waals surface area contributed by atoms with Crippen LogP contribution in [-0.2, 0) is 0 Å². The number of aryl methyl sites for hydroxylation is 1. The molecule has 0 spiro atoms. The lowest BCUT2D eigenvalue weighted by atomic mass is 10.3. The standard InChI is InChI=1S/C11H12FN3OS/c1-6-13-10(7-2-3-17-11(7)14-6)15-4-8(12)9(16)5-15/h2-3,8-9,16H,4-5H2,1H3/t8-,9-/m1/s1. The molecule has 4 nitrogen and oxygen atoms in total. The lowest BCUT2D eigenvalue weighted by molar-refractivity contribution is 0.118. The number of β-amino-alcohol motifs (C(OH)–C–C–N with tert-alkyl or cyclic N) is 1. The van der Waals surface area contributed by atoms with Crippen LogP contribution in [0.2, 0.25) is 0 Å². The van der Waals surface area contributed by atoms with Gasteiger partial charge in [-0.25, -0.2) is 14.4 Å². The number of fused-ring (bicyclic) bond motifs is 1. The number of anilines is 1. The molecule has 1 aliphatic rings. The first-order valence-electron chi connectivity index (χ1n) is 5.44. The SMILES string of the molecule is Cc1nc(N2C[C@@H](O)[C@H](F)C2)c2ccsc2n1. The first-order valence-corrected chi connectivity index (χ1v) is 6.32. The third-order valence-corrected chi connectivity index (χ3v) is 3.74. The Morgan fingerprint density at radius 2 is 2.29 bits per heavy atom. The fourth-order valence-electron chi connectivity index (χ4n) is 2.10. The molecule has 17 heavy (non-hydrogen) atoms. The summed E-state index contributed by atoms with van der Waals surface area (Å²) in [6, 6.07) is 1.94. The largest absolute Gasteiger partial charge is 0.388 e. The molecule has 6 heteroatoms. The second kappa shape index (κ2) is 3.89. The van der Waals surface area contributed by atoms with Crippen molar-refractivity contribution in [2.75, 3.05) is 18.0 Å². The summed E-state index contributed by atoms with van der Waals surface area (Å²) < 4.78 is 13.3. The van der Waals surface area contributed by atoms with Crippen molar-refractivity contribution in [3.05, 3.63) is 17.3 Å². The number of aliphatic hydroxyl groups is 1. The van der Waals surface area contributed by atoms with E-state index in [-0.39, 0.29) is 6.54 Å². The quantitative estimate of drug-likeness (QED) is 0.837. The van der Waals surface area contributed by atoms with Gasteiger partial charge in [0.1, 0.15) is 28.7 Å². The Balaban J connectivity index is 2.08. The van der Waals surface area contributed by atoms with Crippen molar-refractivity contribution in [2.24, 2.45) is 0 Å². The van der Waals surface area contributed by atoms with E-state index in [0.717, 1.165) is 16.0 Å². The molecule has 2 atom stereocenters. The molecule has 0 aromatic carbocycles. The molecule has 90 valence electrons. The molecule has 3 rings (SSSR count). The lowest BCUT2D eigenvalue weighted by Gasteiger charge is -2.17. The first-order chi connectivity index (χ1) is 8.15. The van der Waals surface area contributed by atoms with Crippen LogP contribution in [0.15, 0.2) is 11.4 Å². The van der Waals surface area contributed by atoms with Crippen molar-refractivity contribution >= 4 is 27.4 Å². The molecule has 1 saturated heterocycles. The lowest BCUT2D eigenvalue weighted by Crippen LogP contribution is -2.22. The average molecular weight is 253 g/mol. The summed E-state index contributed by atoms with van der Waals surface area (Å²) in [5.74, 6) is 1.40. The van der Waals surface area contributed by atoms with Crippen LogP contribution in [-0.4, -0.2) is 40.4 Å². The zero-order valence-electron chi connectivity index (χ0n) is 9.30. The number of hydrogen-bond acceptors (Lipinski definition) is 5. The Kier molecular flexibility index (Phi) is 2.48. The second-order valence-corrected chi connectivity index (χ2v) is 5.12. The van der Waals surface area contributed by atoms with Crippen LogP contribution in [0.3, 0.4) is 0 Å². The van der Waals surface area contributed by atoms with Crippen LogP contribution in [0.5, 0.6) is 0 Å². The van der Waals surface area contributed by atoms with Gasteiger partial charge in [-0.05, 0) is 18.4 Å². The molecular weight excluding hydrogens is 241 g/mol.